The maximum Gasteiger partial charge on any atom is 0.308 e. The first-order chi connectivity index (χ1) is 15.7. The van der Waals surface area contributed by atoms with Crippen LogP contribution in [0.3, 0.4) is 0 Å². The third-order valence-corrected chi connectivity index (χ3v) is 5.75. The summed E-state index contributed by atoms with van der Waals surface area (Å²) in [5.74, 6) is -0.984. The van der Waals surface area contributed by atoms with Crippen molar-refractivity contribution >= 4 is 23.4 Å². The van der Waals surface area contributed by atoms with Crippen molar-refractivity contribution < 1.29 is 29.0 Å². The number of amides is 1. The molecule has 1 aliphatic heterocycles. The summed E-state index contributed by atoms with van der Waals surface area (Å²) < 4.78 is 10.5. The van der Waals surface area contributed by atoms with E-state index >= 15 is 0 Å². The number of hydrogen-bond donors (Lipinski definition) is 1. The van der Waals surface area contributed by atoms with Crippen LogP contribution in [-0.2, 0) is 14.4 Å². The number of likely N-dealkylation sites (tertiary alicyclic amines) is 1. The van der Waals surface area contributed by atoms with Gasteiger partial charge in [-0.1, -0.05) is 25.5 Å². The Hall–Kier alpha value is -3.61. The molecule has 1 fully saturated rings. The van der Waals surface area contributed by atoms with E-state index < -0.39 is 23.7 Å². The fourth-order valence-corrected chi connectivity index (χ4v) is 4.08. The lowest BCUT2D eigenvalue weighted by atomic mass is 9.93. The Balaban J connectivity index is 2.16. The first-order valence-corrected chi connectivity index (χ1v) is 10.9. The molecule has 7 nitrogen and oxygen atoms in total. The molecule has 0 aliphatic carbocycles. The first-order valence-electron chi connectivity index (χ1n) is 10.9. The average molecular weight is 452 g/mol. The number of unbranched alkanes of at least 4 members (excludes halogenated alkanes) is 1. The summed E-state index contributed by atoms with van der Waals surface area (Å²) in [6, 6.07) is 9.42. The number of aliphatic hydroxyl groups is 1. The molecule has 0 saturated carbocycles. The number of nitrogens with zero attached hydrogens (tertiary/aromatic N) is 1. The number of carbonyl (C=O) groups is 3. The topological polar surface area (TPSA) is 93.1 Å². The maximum absolute atomic E-state index is 13.1. The lowest BCUT2D eigenvalue weighted by molar-refractivity contribution is -0.139. The molecule has 2 aromatic rings. The summed E-state index contributed by atoms with van der Waals surface area (Å²) in [5, 5.41) is 11.3. The van der Waals surface area contributed by atoms with E-state index in [0.717, 1.165) is 24.0 Å². The van der Waals surface area contributed by atoms with Crippen molar-refractivity contribution in [3.05, 3.63) is 64.2 Å². The van der Waals surface area contributed by atoms with Crippen LogP contribution in [0, 0.1) is 13.8 Å². The molecule has 1 heterocycles. The number of aryl methyl sites for hydroxylation is 2. The Bertz CT molecular complexity index is 1120. The molecule has 1 unspecified atom stereocenters. The number of benzene rings is 2. The largest absolute Gasteiger partial charge is 0.507 e. The standard InChI is InChI=1S/C26H29NO6/c1-6-7-12-27-23(18-8-10-19(11-9-18)33-17(4)28)22(25(30)26(27)31)24(29)20-13-16(3)21(32-5)14-15(20)2/h8-11,13-14,23,29H,6-7,12H2,1-5H3/b24-22+. The molecule has 1 atom stereocenters. The zero-order valence-corrected chi connectivity index (χ0v) is 19.6. The smallest absolute Gasteiger partial charge is 0.308 e. The summed E-state index contributed by atoms with van der Waals surface area (Å²) in [7, 11) is 1.57. The molecule has 1 aliphatic rings. The minimum Gasteiger partial charge on any atom is -0.507 e. The van der Waals surface area contributed by atoms with E-state index in [0.29, 0.717) is 29.2 Å². The number of esters is 1. The van der Waals surface area contributed by atoms with Gasteiger partial charge >= 0.3 is 5.97 Å². The van der Waals surface area contributed by atoms with Gasteiger partial charge in [0, 0.05) is 19.0 Å². The normalized spacial score (nSPS) is 17.4. The van der Waals surface area contributed by atoms with Crippen LogP contribution in [0.15, 0.2) is 42.0 Å². The van der Waals surface area contributed by atoms with Crippen LogP contribution in [0.5, 0.6) is 11.5 Å². The Labute approximate surface area is 193 Å². The van der Waals surface area contributed by atoms with E-state index in [1.54, 1.807) is 43.5 Å². The second-order valence-corrected chi connectivity index (χ2v) is 8.15. The third kappa shape index (κ3) is 4.77. The predicted octanol–water partition coefficient (Wildman–Crippen LogP) is 4.46. The van der Waals surface area contributed by atoms with Crippen molar-refractivity contribution in [1.82, 2.24) is 4.90 Å². The zero-order chi connectivity index (χ0) is 24.3. The summed E-state index contributed by atoms with van der Waals surface area (Å²) in [4.78, 5) is 38.8. The molecule has 1 amide bonds. The zero-order valence-electron chi connectivity index (χ0n) is 19.6. The van der Waals surface area contributed by atoms with Gasteiger partial charge in [-0.15, -0.1) is 0 Å². The number of ether oxygens (including phenoxy) is 2. The van der Waals surface area contributed by atoms with E-state index in [1.807, 2.05) is 20.8 Å². The lowest BCUT2D eigenvalue weighted by Crippen LogP contribution is -2.30. The highest BCUT2D eigenvalue weighted by atomic mass is 16.5. The van der Waals surface area contributed by atoms with Crippen LogP contribution < -0.4 is 9.47 Å². The van der Waals surface area contributed by atoms with Gasteiger partial charge in [-0.2, -0.15) is 0 Å². The first kappa shape index (κ1) is 24.0. The molecule has 0 bridgehead atoms. The summed E-state index contributed by atoms with van der Waals surface area (Å²) in [5.41, 5.74) is 2.68. The molecule has 7 heteroatoms. The number of hydrogen-bond acceptors (Lipinski definition) is 6. The van der Waals surface area contributed by atoms with E-state index in [9.17, 15) is 19.5 Å². The van der Waals surface area contributed by atoms with Gasteiger partial charge in [0.05, 0.1) is 18.7 Å². The van der Waals surface area contributed by atoms with Crippen molar-refractivity contribution in [3.63, 3.8) is 0 Å². The van der Waals surface area contributed by atoms with Crippen molar-refractivity contribution in [2.75, 3.05) is 13.7 Å². The minimum absolute atomic E-state index is 0.0454. The van der Waals surface area contributed by atoms with E-state index in [1.165, 1.54) is 11.8 Å². The Morgan fingerprint density at radius 3 is 2.33 bits per heavy atom. The monoisotopic (exact) mass is 451 g/mol. The van der Waals surface area contributed by atoms with Crippen molar-refractivity contribution in [2.24, 2.45) is 0 Å². The molecular weight excluding hydrogens is 422 g/mol. The maximum atomic E-state index is 13.1. The Morgan fingerprint density at radius 2 is 1.76 bits per heavy atom. The highest BCUT2D eigenvalue weighted by molar-refractivity contribution is 6.46. The van der Waals surface area contributed by atoms with Crippen molar-refractivity contribution in [3.8, 4) is 11.5 Å². The van der Waals surface area contributed by atoms with Gasteiger partial charge in [0.1, 0.15) is 17.3 Å². The molecule has 1 saturated heterocycles. The van der Waals surface area contributed by atoms with Crippen molar-refractivity contribution in [1.29, 1.82) is 0 Å². The number of carbonyl (C=O) groups excluding carboxylic acids is 3. The molecule has 0 spiro atoms. The van der Waals surface area contributed by atoms with Crippen molar-refractivity contribution in [2.45, 2.75) is 46.6 Å². The molecule has 3 rings (SSSR count). The Kier molecular flexibility index (Phi) is 7.21. The van der Waals surface area contributed by atoms with Crippen LogP contribution in [0.25, 0.3) is 5.76 Å². The minimum atomic E-state index is -0.746. The molecule has 33 heavy (non-hydrogen) atoms. The second-order valence-electron chi connectivity index (χ2n) is 8.15. The van der Waals surface area contributed by atoms with Gasteiger partial charge in [0.2, 0.25) is 0 Å². The fourth-order valence-electron chi connectivity index (χ4n) is 4.08. The van der Waals surface area contributed by atoms with Gasteiger partial charge in [-0.25, -0.2) is 0 Å². The molecule has 1 N–H and O–H groups in total. The molecule has 174 valence electrons. The summed E-state index contributed by atoms with van der Waals surface area (Å²) >= 11 is 0. The van der Waals surface area contributed by atoms with E-state index in [2.05, 4.69) is 0 Å². The van der Waals surface area contributed by atoms with E-state index in [-0.39, 0.29) is 11.3 Å². The average Bonchev–Trinajstić information content (AvgIpc) is 3.03. The number of rotatable bonds is 7. The molecule has 2 aromatic carbocycles. The van der Waals surface area contributed by atoms with Crippen LogP contribution in [-0.4, -0.2) is 41.3 Å². The predicted molar refractivity (Wildman–Crippen MR) is 124 cm³/mol. The van der Waals surface area contributed by atoms with Gasteiger partial charge < -0.3 is 19.5 Å². The highest BCUT2D eigenvalue weighted by Gasteiger charge is 2.45. The second kappa shape index (κ2) is 9.90. The summed E-state index contributed by atoms with van der Waals surface area (Å²) in [6.07, 6.45) is 1.56. The lowest BCUT2D eigenvalue weighted by Gasteiger charge is -2.25. The number of aliphatic hydroxyl groups excluding tert-OH is 1. The fraction of sp³-hybridized carbons (Fsp3) is 0.346. The van der Waals surface area contributed by atoms with Crippen LogP contribution in [0.2, 0.25) is 0 Å². The number of ketones is 1. The van der Waals surface area contributed by atoms with Gasteiger partial charge in [0.15, 0.2) is 0 Å². The summed E-state index contributed by atoms with van der Waals surface area (Å²) in [6.45, 7) is 7.36. The molecule has 0 radical (unpaired) electrons. The van der Waals surface area contributed by atoms with Crippen LogP contribution >= 0.6 is 0 Å². The van der Waals surface area contributed by atoms with E-state index in [4.69, 9.17) is 9.47 Å². The van der Waals surface area contributed by atoms with Gasteiger partial charge in [0.25, 0.3) is 11.7 Å². The van der Waals surface area contributed by atoms with Gasteiger partial charge in [-0.3, -0.25) is 14.4 Å². The SMILES string of the molecule is CCCCN1C(=O)C(=O)/C(=C(/O)c2cc(C)c(OC)cc2C)C1c1ccc(OC(C)=O)cc1. The Morgan fingerprint density at radius 1 is 1.09 bits per heavy atom. The van der Waals surface area contributed by atoms with Crippen LogP contribution in [0.4, 0.5) is 0 Å². The van der Waals surface area contributed by atoms with Gasteiger partial charge in [-0.05, 0) is 61.2 Å². The highest BCUT2D eigenvalue weighted by Crippen LogP contribution is 2.41. The molecule has 0 aromatic heterocycles. The third-order valence-electron chi connectivity index (χ3n) is 5.75. The number of Topliss-reactive ketones (excluding diaryl/α,β-unsaturated/α-hetero) is 1. The quantitative estimate of drug-likeness (QED) is 0.220. The van der Waals surface area contributed by atoms with Crippen LogP contribution in [0.1, 0.15) is 55.0 Å². The number of methoxy groups -OCH3 is 1. The molecular formula is C26H29NO6.